The van der Waals surface area contributed by atoms with Crippen LogP contribution in [0.1, 0.15) is 0 Å². The van der Waals surface area contributed by atoms with E-state index in [9.17, 15) is 13.2 Å². The molecule has 0 saturated carbocycles. The number of para-hydroxylation sites is 1. The van der Waals surface area contributed by atoms with Gasteiger partial charge in [0.2, 0.25) is 0 Å². The highest BCUT2D eigenvalue weighted by molar-refractivity contribution is 5.86. The molecular weight excluding hydrogens is 297 g/mol. The summed E-state index contributed by atoms with van der Waals surface area (Å²) in [5, 5.41) is 0. The van der Waals surface area contributed by atoms with Crippen molar-refractivity contribution in [3.05, 3.63) is 42.7 Å². The number of alkyl halides is 3. The average Bonchev–Trinajstić information content (AvgIpc) is 2.46. The van der Waals surface area contributed by atoms with E-state index in [0.29, 0.717) is 11.0 Å². The van der Waals surface area contributed by atoms with Gasteiger partial charge in [0.25, 0.3) is 0 Å². The third-order valence-electron chi connectivity index (χ3n) is 2.90. The minimum Gasteiger partial charge on any atom is -0.405 e. The van der Waals surface area contributed by atoms with Crippen molar-refractivity contribution in [2.75, 3.05) is 5.73 Å². The maximum Gasteiger partial charge on any atom is 0.573 e. The first-order chi connectivity index (χ1) is 10.4. The van der Waals surface area contributed by atoms with Gasteiger partial charge in [-0.05, 0) is 24.3 Å². The summed E-state index contributed by atoms with van der Waals surface area (Å²) in [6, 6.07) is 8.90. The van der Waals surface area contributed by atoms with Crippen LogP contribution in [0.5, 0.6) is 5.75 Å². The molecule has 2 N–H and O–H groups in total. The highest BCUT2D eigenvalue weighted by Crippen LogP contribution is 2.33. The first kappa shape index (κ1) is 14.1. The zero-order valence-corrected chi connectivity index (χ0v) is 11.0. The molecule has 3 rings (SSSR count). The molecule has 0 bridgehead atoms. The third kappa shape index (κ3) is 2.76. The number of aromatic nitrogens is 3. The second kappa shape index (κ2) is 5.14. The van der Waals surface area contributed by atoms with Crippen molar-refractivity contribution in [3.8, 4) is 17.0 Å². The summed E-state index contributed by atoms with van der Waals surface area (Å²) in [6.45, 7) is 0. The van der Waals surface area contributed by atoms with Gasteiger partial charge < -0.3 is 10.5 Å². The maximum absolute atomic E-state index is 12.5. The summed E-state index contributed by atoms with van der Waals surface area (Å²) in [5.74, 6) is -0.182. The molecule has 0 spiro atoms. The molecule has 2 heterocycles. The Balaban J connectivity index is 2.14. The molecule has 5 nitrogen and oxygen atoms in total. The van der Waals surface area contributed by atoms with Crippen molar-refractivity contribution in [3.63, 3.8) is 0 Å². The molecule has 22 heavy (non-hydrogen) atoms. The van der Waals surface area contributed by atoms with Crippen molar-refractivity contribution in [1.82, 2.24) is 15.0 Å². The molecule has 0 fully saturated rings. The topological polar surface area (TPSA) is 73.9 Å². The molecule has 0 saturated heterocycles. The van der Waals surface area contributed by atoms with Crippen LogP contribution in [0.15, 0.2) is 42.7 Å². The molecular formula is C14H9F3N4O. The summed E-state index contributed by atoms with van der Waals surface area (Å²) in [7, 11) is 0. The number of hydrogen-bond acceptors (Lipinski definition) is 5. The Morgan fingerprint density at radius 1 is 1.00 bits per heavy atom. The van der Waals surface area contributed by atoms with E-state index in [1.165, 1.54) is 24.5 Å². The second-order valence-electron chi connectivity index (χ2n) is 4.37. The van der Waals surface area contributed by atoms with Crippen LogP contribution < -0.4 is 10.5 Å². The number of nitrogen functional groups attached to an aromatic ring is 1. The number of fused-ring (bicyclic) bond motifs is 1. The number of halogens is 3. The van der Waals surface area contributed by atoms with E-state index in [1.807, 2.05) is 0 Å². The zero-order valence-electron chi connectivity index (χ0n) is 11.0. The molecule has 1 aromatic carbocycles. The number of anilines is 1. The number of rotatable bonds is 2. The SMILES string of the molecule is Nc1ncnc2ccc(-c3ccccc3OC(F)(F)F)nc12. The van der Waals surface area contributed by atoms with E-state index >= 15 is 0 Å². The van der Waals surface area contributed by atoms with E-state index in [0.717, 1.165) is 0 Å². The number of nitrogens with two attached hydrogens (primary N) is 1. The summed E-state index contributed by atoms with van der Waals surface area (Å²) in [5.41, 5.74) is 7.03. The monoisotopic (exact) mass is 306 g/mol. The average molecular weight is 306 g/mol. The molecule has 0 amide bonds. The van der Waals surface area contributed by atoms with Crippen LogP contribution in [0.2, 0.25) is 0 Å². The molecule has 0 aliphatic carbocycles. The van der Waals surface area contributed by atoms with Crippen LogP contribution in [0, 0.1) is 0 Å². The molecule has 0 unspecified atom stereocenters. The van der Waals surface area contributed by atoms with Gasteiger partial charge in [-0.1, -0.05) is 12.1 Å². The Hall–Kier alpha value is -2.90. The minimum absolute atomic E-state index is 0.154. The summed E-state index contributed by atoms with van der Waals surface area (Å²) >= 11 is 0. The second-order valence-corrected chi connectivity index (χ2v) is 4.37. The van der Waals surface area contributed by atoms with Crippen molar-refractivity contribution in [1.29, 1.82) is 0 Å². The van der Waals surface area contributed by atoms with Crippen LogP contribution >= 0.6 is 0 Å². The Labute approximate surface area is 122 Å². The third-order valence-corrected chi connectivity index (χ3v) is 2.90. The number of benzene rings is 1. The first-order valence-corrected chi connectivity index (χ1v) is 6.16. The molecule has 0 aliphatic rings. The maximum atomic E-state index is 12.5. The van der Waals surface area contributed by atoms with Crippen molar-refractivity contribution in [2.24, 2.45) is 0 Å². The fourth-order valence-electron chi connectivity index (χ4n) is 2.00. The quantitative estimate of drug-likeness (QED) is 0.787. The number of hydrogen-bond donors (Lipinski definition) is 1. The van der Waals surface area contributed by atoms with Gasteiger partial charge in [-0.2, -0.15) is 0 Å². The predicted octanol–water partition coefficient (Wildman–Crippen LogP) is 3.17. The molecule has 8 heteroatoms. The number of nitrogens with zero attached hydrogens (tertiary/aromatic N) is 3. The van der Waals surface area contributed by atoms with Gasteiger partial charge in [-0.25, -0.2) is 15.0 Å². The normalized spacial score (nSPS) is 11.6. The molecule has 2 aromatic heterocycles. The fourth-order valence-corrected chi connectivity index (χ4v) is 2.00. The van der Waals surface area contributed by atoms with Gasteiger partial charge in [-0.3, -0.25) is 0 Å². The lowest BCUT2D eigenvalue weighted by atomic mass is 10.1. The summed E-state index contributed by atoms with van der Waals surface area (Å²) in [4.78, 5) is 12.0. The van der Waals surface area contributed by atoms with Crippen LogP contribution in [0.4, 0.5) is 19.0 Å². The summed E-state index contributed by atoms with van der Waals surface area (Å²) in [6.07, 6.45) is -3.49. The Kier molecular flexibility index (Phi) is 3.28. The van der Waals surface area contributed by atoms with Crippen molar-refractivity contribution < 1.29 is 17.9 Å². The lowest BCUT2D eigenvalue weighted by Gasteiger charge is -2.13. The largest absolute Gasteiger partial charge is 0.573 e. The first-order valence-electron chi connectivity index (χ1n) is 6.16. The van der Waals surface area contributed by atoms with Gasteiger partial charge in [0.15, 0.2) is 5.82 Å². The van der Waals surface area contributed by atoms with Gasteiger partial charge in [0.05, 0.1) is 11.2 Å². The van der Waals surface area contributed by atoms with Crippen LogP contribution in [-0.4, -0.2) is 21.3 Å². The predicted molar refractivity (Wildman–Crippen MR) is 73.9 cm³/mol. The van der Waals surface area contributed by atoms with E-state index in [-0.39, 0.29) is 22.8 Å². The van der Waals surface area contributed by atoms with E-state index in [1.54, 1.807) is 18.2 Å². The van der Waals surface area contributed by atoms with Crippen LogP contribution in [0.3, 0.4) is 0 Å². The fraction of sp³-hybridized carbons (Fsp3) is 0.0714. The van der Waals surface area contributed by atoms with E-state index < -0.39 is 6.36 Å². The Bertz CT molecular complexity index is 836. The van der Waals surface area contributed by atoms with E-state index in [2.05, 4.69) is 19.7 Å². The molecule has 0 radical (unpaired) electrons. The smallest absolute Gasteiger partial charge is 0.405 e. The number of ether oxygens (including phenoxy) is 1. The molecule has 112 valence electrons. The lowest BCUT2D eigenvalue weighted by Crippen LogP contribution is -2.17. The van der Waals surface area contributed by atoms with Crippen LogP contribution in [-0.2, 0) is 0 Å². The van der Waals surface area contributed by atoms with Gasteiger partial charge >= 0.3 is 6.36 Å². The van der Waals surface area contributed by atoms with Crippen molar-refractivity contribution in [2.45, 2.75) is 6.36 Å². The van der Waals surface area contributed by atoms with E-state index in [4.69, 9.17) is 5.73 Å². The zero-order chi connectivity index (χ0) is 15.7. The standard InChI is InChI=1S/C14H9F3N4O/c15-14(16,17)22-11-4-2-1-3-8(11)9-5-6-10-12(21-9)13(18)20-7-19-10/h1-7H,(H2,18,19,20). The Morgan fingerprint density at radius 2 is 1.77 bits per heavy atom. The van der Waals surface area contributed by atoms with Gasteiger partial charge in [0.1, 0.15) is 17.6 Å². The number of pyridine rings is 1. The van der Waals surface area contributed by atoms with Gasteiger partial charge in [-0.15, -0.1) is 13.2 Å². The molecule has 3 aromatic rings. The van der Waals surface area contributed by atoms with Crippen LogP contribution in [0.25, 0.3) is 22.3 Å². The highest BCUT2D eigenvalue weighted by Gasteiger charge is 2.32. The molecule has 0 aliphatic heterocycles. The minimum atomic E-state index is -4.78. The Morgan fingerprint density at radius 3 is 2.55 bits per heavy atom. The molecule has 0 atom stereocenters. The van der Waals surface area contributed by atoms with Crippen molar-refractivity contribution >= 4 is 16.9 Å². The lowest BCUT2D eigenvalue weighted by molar-refractivity contribution is -0.274. The summed E-state index contributed by atoms with van der Waals surface area (Å²) < 4.78 is 41.4. The van der Waals surface area contributed by atoms with Gasteiger partial charge in [0, 0.05) is 5.56 Å². The highest BCUT2D eigenvalue weighted by atomic mass is 19.4.